The van der Waals surface area contributed by atoms with Crippen molar-refractivity contribution in [3.8, 4) is 17.1 Å². The second-order valence-electron chi connectivity index (χ2n) is 5.55. The molecule has 2 aromatic heterocycles. The Morgan fingerprint density at radius 3 is 2.65 bits per heavy atom. The van der Waals surface area contributed by atoms with Crippen LogP contribution in [0.5, 0.6) is 5.75 Å². The van der Waals surface area contributed by atoms with Crippen molar-refractivity contribution in [2.24, 2.45) is 0 Å². The van der Waals surface area contributed by atoms with Gasteiger partial charge in [-0.2, -0.15) is 0 Å². The van der Waals surface area contributed by atoms with Gasteiger partial charge in [0.15, 0.2) is 0 Å². The van der Waals surface area contributed by atoms with Crippen molar-refractivity contribution < 1.29 is 18.7 Å². The zero-order valence-corrected chi connectivity index (χ0v) is 15.0. The number of thiocarbonyl (C=S) groups is 1. The number of fused-ring (bicyclic) bond motifs is 1. The fraction of sp³-hybridized carbons (Fsp3) is 0.0556. The smallest absolute Gasteiger partial charge is 0.351 e. The number of aromatic hydroxyl groups is 1. The van der Waals surface area contributed by atoms with Gasteiger partial charge in [0.1, 0.15) is 32.7 Å². The maximum Gasteiger partial charge on any atom is 0.351 e. The fourth-order valence-corrected chi connectivity index (χ4v) is 3.75. The minimum absolute atomic E-state index is 0.0635. The summed E-state index contributed by atoms with van der Waals surface area (Å²) in [6, 6.07) is 9.82. The Bertz CT molecular complexity index is 1160. The van der Waals surface area contributed by atoms with E-state index in [1.807, 2.05) is 0 Å². The molecule has 1 saturated heterocycles. The molecule has 1 aromatic carbocycles. The molecule has 0 bridgehead atoms. The van der Waals surface area contributed by atoms with Crippen LogP contribution < -0.4 is 5.63 Å². The molecule has 0 atom stereocenters. The zero-order valence-electron chi connectivity index (χ0n) is 13.4. The van der Waals surface area contributed by atoms with E-state index in [1.54, 1.807) is 49.5 Å². The van der Waals surface area contributed by atoms with E-state index in [2.05, 4.69) is 0 Å². The van der Waals surface area contributed by atoms with Gasteiger partial charge in [0.2, 0.25) is 0 Å². The van der Waals surface area contributed by atoms with Crippen molar-refractivity contribution in [3.63, 3.8) is 0 Å². The summed E-state index contributed by atoms with van der Waals surface area (Å²) in [7, 11) is 1.60. The maximum absolute atomic E-state index is 12.3. The van der Waals surface area contributed by atoms with Crippen molar-refractivity contribution in [2.75, 3.05) is 7.05 Å². The molecule has 1 aliphatic rings. The largest absolute Gasteiger partial charge is 0.506 e. The molecule has 26 heavy (non-hydrogen) atoms. The highest BCUT2D eigenvalue weighted by Gasteiger charge is 2.29. The molecule has 3 heterocycles. The number of carbonyl (C=O) groups excluding carboxylic acids is 1. The molecular formula is C18H11NO5S2. The van der Waals surface area contributed by atoms with Crippen LogP contribution in [0.1, 0.15) is 5.76 Å². The molecule has 0 radical (unpaired) electrons. The highest BCUT2D eigenvalue weighted by Crippen LogP contribution is 2.35. The van der Waals surface area contributed by atoms with Gasteiger partial charge >= 0.3 is 5.63 Å². The third kappa shape index (κ3) is 2.63. The van der Waals surface area contributed by atoms with E-state index in [4.69, 9.17) is 21.1 Å². The number of thioether (sulfide) groups is 1. The quantitative estimate of drug-likeness (QED) is 0.410. The number of hydrogen-bond acceptors (Lipinski definition) is 7. The van der Waals surface area contributed by atoms with Crippen LogP contribution >= 0.6 is 24.0 Å². The molecule has 1 N–H and O–H groups in total. The van der Waals surface area contributed by atoms with Crippen LogP contribution in [0.3, 0.4) is 0 Å². The molecule has 1 fully saturated rings. The molecule has 0 saturated carbocycles. The van der Waals surface area contributed by atoms with E-state index in [0.717, 1.165) is 0 Å². The zero-order chi connectivity index (χ0) is 18.4. The van der Waals surface area contributed by atoms with E-state index >= 15 is 0 Å². The van der Waals surface area contributed by atoms with Crippen LogP contribution in [-0.4, -0.2) is 27.3 Å². The van der Waals surface area contributed by atoms with Crippen LogP contribution in [0.15, 0.2) is 54.9 Å². The Morgan fingerprint density at radius 2 is 1.92 bits per heavy atom. The Kier molecular flexibility index (Phi) is 3.93. The lowest BCUT2D eigenvalue weighted by molar-refractivity contribution is -0.121. The Morgan fingerprint density at radius 1 is 1.15 bits per heavy atom. The Hall–Kier alpha value is -2.84. The molecule has 4 rings (SSSR count). The van der Waals surface area contributed by atoms with E-state index in [9.17, 15) is 14.7 Å². The van der Waals surface area contributed by atoms with Gasteiger partial charge < -0.3 is 13.9 Å². The lowest BCUT2D eigenvalue weighted by Gasteiger charge is -2.04. The van der Waals surface area contributed by atoms with Gasteiger partial charge in [-0.15, -0.1) is 0 Å². The first kappa shape index (κ1) is 16.6. The summed E-state index contributed by atoms with van der Waals surface area (Å²) in [5.41, 5.74) is -0.481. The standard InChI is InChI=1S/C18H11NO5S2/c1-19-16(21)13(26-18(19)25)8-9-6-7-12(23-9)14-15(20)10-4-2-3-5-11(10)24-17(14)22/h2-8,20H,1H3/b13-8-. The number of carbonyl (C=O) groups is 1. The molecule has 0 aliphatic carbocycles. The van der Waals surface area contributed by atoms with Crippen LogP contribution in [0.25, 0.3) is 28.4 Å². The van der Waals surface area contributed by atoms with Gasteiger partial charge in [0.05, 0.1) is 10.3 Å². The van der Waals surface area contributed by atoms with Crippen molar-refractivity contribution in [1.82, 2.24) is 4.90 Å². The SMILES string of the molecule is CN1C(=O)/C(=C/c2ccc(-c3c(O)c4ccccc4oc3=O)o2)SC1=S. The number of hydrogen-bond donors (Lipinski definition) is 1. The first-order valence-corrected chi connectivity index (χ1v) is 8.75. The number of furan rings is 1. The second kappa shape index (κ2) is 6.15. The molecular weight excluding hydrogens is 374 g/mol. The lowest BCUT2D eigenvalue weighted by Crippen LogP contribution is -2.22. The van der Waals surface area contributed by atoms with Gasteiger partial charge in [0.25, 0.3) is 5.91 Å². The minimum Gasteiger partial charge on any atom is -0.506 e. The first-order chi connectivity index (χ1) is 12.5. The third-order valence-electron chi connectivity index (χ3n) is 3.92. The van der Waals surface area contributed by atoms with Crippen LogP contribution in [0, 0.1) is 0 Å². The third-order valence-corrected chi connectivity index (χ3v) is 5.40. The minimum atomic E-state index is -0.706. The van der Waals surface area contributed by atoms with E-state index in [1.165, 1.54) is 16.7 Å². The summed E-state index contributed by atoms with van der Waals surface area (Å²) in [5.74, 6) is 0.0878. The van der Waals surface area contributed by atoms with Gasteiger partial charge in [-0.3, -0.25) is 9.69 Å². The molecule has 0 unspecified atom stereocenters. The molecule has 3 aromatic rings. The number of amides is 1. The molecule has 8 heteroatoms. The molecule has 0 spiro atoms. The van der Waals surface area contributed by atoms with Gasteiger partial charge in [-0.25, -0.2) is 4.79 Å². The van der Waals surface area contributed by atoms with Crippen molar-refractivity contribution in [2.45, 2.75) is 0 Å². The summed E-state index contributed by atoms with van der Waals surface area (Å²) in [6.07, 6.45) is 1.55. The normalized spacial score (nSPS) is 16.2. The number of para-hydroxylation sites is 1. The van der Waals surface area contributed by atoms with Crippen LogP contribution in [0.2, 0.25) is 0 Å². The van der Waals surface area contributed by atoms with Gasteiger partial charge in [-0.1, -0.05) is 36.1 Å². The number of benzene rings is 1. The average Bonchev–Trinajstić information content (AvgIpc) is 3.16. The van der Waals surface area contributed by atoms with Gasteiger partial charge in [-0.05, 0) is 24.3 Å². The van der Waals surface area contributed by atoms with Crippen LogP contribution in [0.4, 0.5) is 0 Å². The first-order valence-electron chi connectivity index (χ1n) is 7.52. The summed E-state index contributed by atoms with van der Waals surface area (Å²) in [4.78, 5) is 26.1. The summed E-state index contributed by atoms with van der Waals surface area (Å²) < 4.78 is 11.3. The molecule has 1 amide bonds. The average molecular weight is 385 g/mol. The second-order valence-corrected chi connectivity index (χ2v) is 7.23. The monoisotopic (exact) mass is 385 g/mol. The lowest BCUT2D eigenvalue weighted by atomic mass is 10.1. The van der Waals surface area contributed by atoms with Gasteiger partial charge in [0, 0.05) is 13.1 Å². The maximum atomic E-state index is 12.3. The fourth-order valence-electron chi connectivity index (χ4n) is 2.59. The molecule has 1 aliphatic heterocycles. The highest BCUT2D eigenvalue weighted by molar-refractivity contribution is 8.26. The van der Waals surface area contributed by atoms with E-state index in [-0.39, 0.29) is 28.6 Å². The number of rotatable bonds is 2. The van der Waals surface area contributed by atoms with Crippen molar-refractivity contribution >= 4 is 51.3 Å². The summed E-state index contributed by atoms with van der Waals surface area (Å²) >= 11 is 6.25. The number of nitrogens with zero attached hydrogens (tertiary/aromatic N) is 1. The highest BCUT2D eigenvalue weighted by atomic mass is 32.2. The van der Waals surface area contributed by atoms with Crippen molar-refractivity contribution in [3.05, 3.63) is 57.5 Å². The predicted octanol–water partition coefficient (Wildman–Crippen LogP) is 3.59. The van der Waals surface area contributed by atoms with E-state index < -0.39 is 5.63 Å². The number of likely N-dealkylation sites (N-methyl/N-ethyl adjacent to an activating group) is 1. The van der Waals surface area contributed by atoms with E-state index in [0.29, 0.717) is 20.4 Å². The Labute approximate surface area is 156 Å². The van der Waals surface area contributed by atoms with Crippen LogP contribution in [-0.2, 0) is 4.79 Å². The predicted molar refractivity (Wildman–Crippen MR) is 103 cm³/mol. The molecule has 130 valence electrons. The molecule has 6 nitrogen and oxygen atoms in total. The summed E-state index contributed by atoms with van der Waals surface area (Å²) in [5, 5.41) is 10.9. The topological polar surface area (TPSA) is 83.9 Å². The van der Waals surface area contributed by atoms with Crippen molar-refractivity contribution in [1.29, 1.82) is 0 Å². The summed E-state index contributed by atoms with van der Waals surface area (Å²) in [6.45, 7) is 0. The Balaban J connectivity index is 1.78.